The molecule has 0 aliphatic carbocycles. The number of hydrogen-bond acceptors (Lipinski definition) is 6. The maximum absolute atomic E-state index is 11.9. The monoisotopic (exact) mass is 401 g/mol. The number of para-hydroxylation sites is 1. The molecule has 27 heavy (non-hydrogen) atoms. The number of carbonyl (C=O) groups excluding carboxylic acids is 1. The lowest BCUT2D eigenvalue weighted by Gasteiger charge is -2.14. The van der Waals surface area contributed by atoms with Crippen LogP contribution in [0.4, 0.5) is 0 Å². The first-order valence-corrected chi connectivity index (χ1v) is 9.07. The molecule has 1 heterocycles. The van der Waals surface area contributed by atoms with Crippen molar-refractivity contribution < 1.29 is 24.2 Å². The molecule has 0 spiro atoms. The van der Waals surface area contributed by atoms with Crippen molar-refractivity contribution in [3.8, 4) is 11.5 Å². The number of carbonyl (C=O) groups is 2. The molecule has 0 atom stereocenters. The molecular formula is C19H15NO5S2. The van der Waals surface area contributed by atoms with Crippen LogP contribution < -0.4 is 14.8 Å². The van der Waals surface area contributed by atoms with E-state index in [9.17, 15) is 9.59 Å². The molecule has 6 nitrogen and oxygen atoms in total. The molecule has 0 saturated carbocycles. The number of methoxy groups -OCH3 is 1. The first kappa shape index (κ1) is 18.9. The van der Waals surface area contributed by atoms with E-state index in [0.717, 1.165) is 5.56 Å². The molecule has 1 saturated heterocycles. The quantitative estimate of drug-likeness (QED) is 0.566. The van der Waals surface area contributed by atoms with Gasteiger partial charge in [-0.05, 0) is 29.8 Å². The van der Waals surface area contributed by atoms with E-state index in [2.05, 4.69) is 5.32 Å². The summed E-state index contributed by atoms with van der Waals surface area (Å²) in [7, 11) is 1.53. The van der Waals surface area contributed by atoms with Crippen LogP contribution >= 0.6 is 24.0 Å². The standard InChI is InChI=1S/C19H15NO5S2/c1-24-14-4-2-3-13(9-15-17(21)20-19(26)27-15)16(14)25-10-11-5-7-12(8-6-11)18(22)23/h2-9H,10H2,1H3,(H,22,23)(H,20,21,26)/b15-9+. The van der Waals surface area contributed by atoms with Crippen molar-refractivity contribution in [1.29, 1.82) is 0 Å². The minimum atomic E-state index is -0.980. The highest BCUT2D eigenvalue weighted by Gasteiger charge is 2.23. The summed E-state index contributed by atoms with van der Waals surface area (Å²) in [4.78, 5) is 23.3. The van der Waals surface area contributed by atoms with Gasteiger partial charge in [0.2, 0.25) is 0 Å². The van der Waals surface area contributed by atoms with Crippen LogP contribution in [0.15, 0.2) is 47.4 Å². The lowest BCUT2D eigenvalue weighted by Crippen LogP contribution is -2.17. The molecule has 0 bridgehead atoms. The van der Waals surface area contributed by atoms with Gasteiger partial charge < -0.3 is 19.9 Å². The molecule has 1 aliphatic rings. The molecule has 8 heteroatoms. The smallest absolute Gasteiger partial charge is 0.335 e. The highest BCUT2D eigenvalue weighted by molar-refractivity contribution is 8.26. The van der Waals surface area contributed by atoms with E-state index in [0.29, 0.717) is 26.3 Å². The van der Waals surface area contributed by atoms with Gasteiger partial charge >= 0.3 is 5.97 Å². The number of nitrogens with one attached hydrogen (secondary N) is 1. The SMILES string of the molecule is COc1cccc(/C=C2/SC(=S)NC2=O)c1OCc1ccc(C(=O)O)cc1. The number of thioether (sulfide) groups is 1. The highest BCUT2D eigenvalue weighted by Crippen LogP contribution is 2.35. The van der Waals surface area contributed by atoms with Crippen molar-refractivity contribution in [1.82, 2.24) is 5.32 Å². The van der Waals surface area contributed by atoms with E-state index in [1.807, 2.05) is 6.07 Å². The summed E-state index contributed by atoms with van der Waals surface area (Å²) in [5.74, 6) is -0.215. The molecule has 2 aromatic rings. The molecule has 1 aliphatic heterocycles. The van der Waals surface area contributed by atoms with Gasteiger partial charge in [-0.25, -0.2) is 4.79 Å². The second-order valence-electron chi connectivity index (χ2n) is 5.52. The Morgan fingerprint density at radius 1 is 1.26 bits per heavy atom. The summed E-state index contributed by atoms with van der Waals surface area (Å²) in [6.07, 6.45) is 1.70. The summed E-state index contributed by atoms with van der Waals surface area (Å²) in [6.45, 7) is 0.216. The first-order valence-electron chi connectivity index (χ1n) is 7.85. The average molecular weight is 401 g/mol. The third-order valence-corrected chi connectivity index (χ3v) is 4.90. The zero-order chi connectivity index (χ0) is 19.4. The van der Waals surface area contributed by atoms with Crippen LogP contribution in [-0.4, -0.2) is 28.4 Å². The van der Waals surface area contributed by atoms with Crippen molar-refractivity contribution in [3.63, 3.8) is 0 Å². The fourth-order valence-electron chi connectivity index (χ4n) is 2.42. The maximum Gasteiger partial charge on any atom is 0.335 e. The maximum atomic E-state index is 11.9. The summed E-state index contributed by atoms with van der Waals surface area (Å²) >= 11 is 6.20. The fourth-order valence-corrected chi connectivity index (χ4v) is 3.46. The van der Waals surface area contributed by atoms with E-state index in [1.165, 1.54) is 31.0 Å². The lowest BCUT2D eigenvalue weighted by atomic mass is 10.1. The number of carboxylic acids is 1. The van der Waals surface area contributed by atoms with Gasteiger partial charge in [0.1, 0.15) is 10.9 Å². The number of carboxylic acid groups (broad SMARTS) is 1. The third-order valence-electron chi connectivity index (χ3n) is 3.74. The van der Waals surface area contributed by atoms with Crippen molar-refractivity contribution in [2.75, 3.05) is 7.11 Å². The third kappa shape index (κ3) is 4.47. The second-order valence-corrected chi connectivity index (χ2v) is 7.24. The van der Waals surface area contributed by atoms with Crippen LogP contribution in [-0.2, 0) is 11.4 Å². The zero-order valence-electron chi connectivity index (χ0n) is 14.2. The number of rotatable bonds is 6. The van der Waals surface area contributed by atoms with Gasteiger partial charge in [0.25, 0.3) is 5.91 Å². The Morgan fingerprint density at radius 3 is 2.59 bits per heavy atom. The summed E-state index contributed by atoms with van der Waals surface area (Å²) < 4.78 is 11.7. The molecule has 1 amide bonds. The van der Waals surface area contributed by atoms with Gasteiger partial charge in [-0.3, -0.25) is 4.79 Å². The molecule has 0 unspecified atom stereocenters. The molecule has 1 fully saturated rings. The Labute approximate surface area is 165 Å². The Balaban J connectivity index is 1.85. The zero-order valence-corrected chi connectivity index (χ0v) is 15.9. The minimum absolute atomic E-state index is 0.210. The first-order chi connectivity index (χ1) is 13.0. The van der Waals surface area contributed by atoms with Gasteiger partial charge in [0.05, 0.1) is 17.6 Å². The van der Waals surface area contributed by atoms with Crippen LogP contribution in [0.3, 0.4) is 0 Å². The van der Waals surface area contributed by atoms with Gasteiger partial charge in [-0.2, -0.15) is 0 Å². The Bertz CT molecular complexity index is 938. The molecule has 0 radical (unpaired) electrons. The van der Waals surface area contributed by atoms with Crippen LogP contribution in [0.25, 0.3) is 6.08 Å². The number of ether oxygens (including phenoxy) is 2. The van der Waals surface area contributed by atoms with Crippen LogP contribution in [0.1, 0.15) is 21.5 Å². The van der Waals surface area contributed by atoms with Gasteiger partial charge in [-0.15, -0.1) is 0 Å². The number of amides is 1. The number of thiocarbonyl (C=S) groups is 1. The van der Waals surface area contributed by atoms with Gasteiger partial charge in [-0.1, -0.05) is 48.2 Å². The van der Waals surface area contributed by atoms with E-state index in [4.69, 9.17) is 26.8 Å². The van der Waals surface area contributed by atoms with E-state index >= 15 is 0 Å². The lowest BCUT2D eigenvalue weighted by molar-refractivity contribution is -0.115. The van der Waals surface area contributed by atoms with Gasteiger partial charge in [0.15, 0.2) is 11.5 Å². The number of aromatic carboxylic acids is 1. The Hall–Kier alpha value is -2.84. The number of benzene rings is 2. The van der Waals surface area contributed by atoms with Crippen LogP contribution in [0.5, 0.6) is 11.5 Å². The van der Waals surface area contributed by atoms with Crippen LogP contribution in [0, 0.1) is 0 Å². The predicted octanol–water partition coefficient (Wildman–Crippen LogP) is 3.46. The summed E-state index contributed by atoms with van der Waals surface area (Å²) in [5.41, 5.74) is 1.69. The van der Waals surface area contributed by atoms with Crippen molar-refractivity contribution in [2.24, 2.45) is 0 Å². The normalized spacial score (nSPS) is 14.9. The van der Waals surface area contributed by atoms with E-state index in [1.54, 1.807) is 30.3 Å². The second kappa shape index (κ2) is 8.24. The van der Waals surface area contributed by atoms with E-state index < -0.39 is 5.97 Å². The highest BCUT2D eigenvalue weighted by atomic mass is 32.2. The molecule has 0 aromatic heterocycles. The minimum Gasteiger partial charge on any atom is -0.493 e. The average Bonchev–Trinajstić information content (AvgIpc) is 2.97. The number of hydrogen-bond donors (Lipinski definition) is 2. The van der Waals surface area contributed by atoms with Crippen LogP contribution in [0.2, 0.25) is 0 Å². The molecule has 2 aromatic carbocycles. The topological polar surface area (TPSA) is 84.9 Å². The van der Waals surface area contributed by atoms with Crippen molar-refractivity contribution in [3.05, 3.63) is 64.1 Å². The molecule has 2 N–H and O–H groups in total. The van der Waals surface area contributed by atoms with E-state index in [-0.39, 0.29) is 18.1 Å². The van der Waals surface area contributed by atoms with Crippen molar-refractivity contribution in [2.45, 2.75) is 6.61 Å². The largest absolute Gasteiger partial charge is 0.493 e. The summed E-state index contributed by atoms with van der Waals surface area (Å²) in [5, 5.41) is 11.5. The van der Waals surface area contributed by atoms with Crippen molar-refractivity contribution >= 4 is 46.3 Å². The Kier molecular flexibility index (Phi) is 5.78. The predicted molar refractivity (Wildman–Crippen MR) is 107 cm³/mol. The Morgan fingerprint density at radius 2 is 2.00 bits per heavy atom. The molecular weight excluding hydrogens is 386 g/mol. The summed E-state index contributed by atoms with van der Waals surface area (Å²) in [6, 6.07) is 11.8. The fraction of sp³-hybridized carbons (Fsp3) is 0.105. The molecule has 138 valence electrons. The van der Waals surface area contributed by atoms with Gasteiger partial charge in [0, 0.05) is 5.56 Å². The molecule has 3 rings (SSSR count).